The van der Waals surface area contributed by atoms with Crippen molar-refractivity contribution in [3.05, 3.63) is 45.4 Å². The molecule has 0 aliphatic carbocycles. The van der Waals surface area contributed by atoms with E-state index in [-0.39, 0.29) is 5.56 Å². The summed E-state index contributed by atoms with van der Waals surface area (Å²) in [5.74, 6) is 0.932. The van der Waals surface area contributed by atoms with E-state index in [4.69, 9.17) is 0 Å². The van der Waals surface area contributed by atoms with E-state index in [1.54, 1.807) is 6.92 Å². The van der Waals surface area contributed by atoms with Crippen LogP contribution < -0.4 is 10.9 Å². The molecule has 3 rings (SSSR count). The number of hydrogen-bond donors (Lipinski definition) is 3. The van der Waals surface area contributed by atoms with Gasteiger partial charge < -0.3 is 4.98 Å². The number of anilines is 2. The van der Waals surface area contributed by atoms with Gasteiger partial charge in [-0.2, -0.15) is 0 Å². The number of nitrogens with one attached hydrogen (secondary N) is 3. The molecule has 0 fully saturated rings. The van der Waals surface area contributed by atoms with Crippen LogP contribution in [0.2, 0.25) is 0 Å². The van der Waals surface area contributed by atoms with Crippen LogP contribution in [0.15, 0.2) is 23.0 Å². The van der Waals surface area contributed by atoms with E-state index in [1.165, 1.54) is 17.2 Å². The summed E-state index contributed by atoms with van der Waals surface area (Å²) in [6.45, 7) is 5.88. The summed E-state index contributed by atoms with van der Waals surface area (Å²) in [5, 5.41) is 2.98. The lowest BCUT2D eigenvalue weighted by Crippen LogP contribution is -2.10. The molecular formula is C14H15N5O. The van der Waals surface area contributed by atoms with Gasteiger partial charge in [0.25, 0.3) is 5.56 Å². The van der Waals surface area contributed by atoms with Crippen LogP contribution >= 0.6 is 0 Å². The molecule has 20 heavy (non-hydrogen) atoms. The van der Waals surface area contributed by atoms with E-state index in [0.717, 1.165) is 11.0 Å². The SMILES string of the molecule is Cc1cc(=O)[nH]c(Nc2nc3cc(C)c(C)cc3[nH]2)n1. The van der Waals surface area contributed by atoms with Crippen molar-refractivity contribution >= 4 is 22.9 Å². The van der Waals surface area contributed by atoms with Crippen LogP contribution in [0.3, 0.4) is 0 Å². The van der Waals surface area contributed by atoms with Gasteiger partial charge in [-0.25, -0.2) is 9.97 Å². The number of imidazole rings is 1. The lowest BCUT2D eigenvalue weighted by atomic mass is 10.1. The predicted octanol–water partition coefficient (Wildman–Crippen LogP) is 2.32. The number of fused-ring (bicyclic) bond motifs is 1. The molecule has 0 saturated carbocycles. The maximum absolute atomic E-state index is 11.4. The monoisotopic (exact) mass is 269 g/mol. The Balaban J connectivity index is 2.00. The van der Waals surface area contributed by atoms with E-state index in [0.29, 0.717) is 17.6 Å². The van der Waals surface area contributed by atoms with Gasteiger partial charge in [0.2, 0.25) is 11.9 Å². The predicted molar refractivity (Wildman–Crippen MR) is 78.4 cm³/mol. The third kappa shape index (κ3) is 2.27. The summed E-state index contributed by atoms with van der Waals surface area (Å²) in [6, 6.07) is 5.52. The fourth-order valence-corrected chi connectivity index (χ4v) is 2.08. The first-order chi connectivity index (χ1) is 9.51. The Labute approximate surface area is 115 Å². The molecule has 0 aliphatic rings. The van der Waals surface area contributed by atoms with Crippen molar-refractivity contribution in [2.45, 2.75) is 20.8 Å². The number of aromatic nitrogens is 4. The van der Waals surface area contributed by atoms with Gasteiger partial charge in [-0.3, -0.25) is 15.1 Å². The lowest BCUT2D eigenvalue weighted by Gasteiger charge is -2.01. The van der Waals surface area contributed by atoms with E-state index in [1.807, 2.05) is 6.07 Å². The van der Waals surface area contributed by atoms with Crippen molar-refractivity contribution in [2.24, 2.45) is 0 Å². The fraction of sp³-hybridized carbons (Fsp3) is 0.214. The Morgan fingerprint density at radius 3 is 2.40 bits per heavy atom. The molecule has 0 bridgehead atoms. The number of hydrogen-bond acceptors (Lipinski definition) is 4. The maximum Gasteiger partial charge on any atom is 0.252 e. The average molecular weight is 269 g/mol. The van der Waals surface area contributed by atoms with E-state index in [2.05, 4.69) is 45.2 Å². The van der Waals surface area contributed by atoms with Gasteiger partial charge in [0, 0.05) is 11.8 Å². The first-order valence-corrected chi connectivity index (χ1v) is 6.33. The second-order valence-corrected chi connectivity index (χ2v) is 4.90. The standard InChI is InChI=1S/C14H15N5O/c1-7-4-10-11(5-8(7)2)17-14(16-10)19-13-15-9(3)6-12(20)18-13/h4-6H,1-3H3,(H3,15,16,17,18,19,20). The van der Waals surface area contributed by atoms with Gasteiger partial charge in [-0.05, 0) is 44.0 Å². The zero-order valence-corrected chi connectivity index (χ0v) is 11.5. The van der Waals surface area contributed by atoms with Crippen molar-refractivity contribution in [1.82, 2.24) is 19.9 Å². The van der Waals surface area contributed by atoms with E-state index in [9.17, 15) is 4.79 Å². The molecule has 1 aromatic carbocycles. The van der Waals surface area contributed by atoms with Crippen LogP contribution in [0.25, 0.3) is 11.0 Å². The molecule has 0 unspecified atom stereocenters. The number of aryl methyl sites for hydroxylation is 3. The summed E-state index contributed by atoms with van der Waals surface area (Å²) in [4.78, 5) is 25.8. The van der Waals surface area contributed by atoms with Gasteiger partial charge in [0.1, 0.15) is 0 Å². The highest BCUT2D eigenvalue weighted by Gasteiger charge is 2.06. The number of rotatable bonds is 2. The highest BCUT2D eigenvalue weighted by molar-refractivity contribution is 5.79. The van der Waals surface area contributed by atoms with Crippen LogP contribution in [0, 0.1) is 20.8 Å². The second kappa shape index (κ2) is 4.48. The highest BCUT2D eigenvalue weighted by atomic mass is 16.1. The largest absolute Gasteiger partial charge is 0.324 e. The molecule has 0 amide bonds. The van der Waals surface area contributed by atoms with Crippen LogP contribution in [0.1, 0.15) is 16.8 Å². The molecule has 6 heteroatoms. The summed E-state index contributed by atoms with van der Waals surface area (Å²) in [6.07, 6.45) is 0. The van der Waals surface area contributed by atoms with Gasteiger partial charge in [-0.1, -0.05) is 0 Å². The van der Waals surface area contributed by atoms with Crippen molar-refractivity contribution < 1.29 is 0 Å². The normalized spacial score (nSPS) is 10.9. The molecular weight excluding hydrogens is 254 g/mol. The quantitative estimate of drug-likeness (QED) is 0.666. The molecule has 0 atom stereocenters. The molecule has 6 nitrogen and oxygen atoms in total. The summed E-state index contributed by atoms with van der Waals surface area (Å²) in [7, 11) is 0. The minimum atomic E-state index is -0.192. The Morgan fingerprint density at radius 1 is 0.950 bits per heavy atom. The number of aromatic amines is 2. The fourth-order valence-electron chi connectivity index (χ4n) is 2.08. The Hall–Kier alpha value is -2.63. The molecule has 3 aromatic rings. The van der Waals surface area contributed by atoms with Crippen molar-refractivity contribution in [3.8, 4) is 0 Å². The molecule has 2 heterocycles. The Kier molecular flexibility index (Phi) is 2.78. The molecule has 102 valence electrons. The maximum atomic E-state index is 11.4. The summed E-state index contributed by atoms with van der Waals surface area (Å²) >= 11 is 0. The lowest BCUT2D eigenvalue weighted by molar-refractivity contribution is 1.06. The number of benzene rings is 1. The molecule has 3 N–H and O–H groups in total. The minimum absolute atomic E-state index is 0.192. The van der Waals surface area contributed by atoms with Crippen molar-refractivity contribution in [2.75, 3.05) is 5.32 Å². The first kappa shape index (κ1) is 12.4. The van der Waals surface area contributed by atoms with Gasteiger partial charge in [-0.15, -0.1) is 0 Å². The third-order valence-electron chi connectivity index (χ3n) is 3.20. The first-order valence-electron chi connectivity index (χ1n) is 6.33. The van der Waals surface area contributed by atoms with Crippen molar-refractivity contribution in [1.29, 1.82) is 0 Å². The minimum Gasteiger partial charge on any atom is -0.324 e. The topological polar surface area (TPSA) is 86.5 Å². The average Bonchev–Trinajstić information content (AvgIpc) is 2.69. The van der Waals surface area contributed by atoms with Crippen LogP contribution in [0.5, 0.6) is 0 Å². The van der Waals surface area contributed by atoms with Crippen LogP contribution in [0.4, 0.5) is 11.9 Å². The van der Waals surface area contributed by atoms with E-state index >= 15 is 0 Å². The number of H-pyrrole nitrogens is 2. The molecule has 0 aliphatic heterocycles. The molecule has 0 radical (unpaired) electrons. The van der Waals surface area contributed by atoms with E-state index < -0.39 is 0 Å². The Bertz CT molecular complexity index is 807. The number of nitrogens with zero attached hydrogens (tertiary/aromatic N) is 2. The molecule has 0 saturated heterocycles. The van der Waals surface area contributed by atoms with Gasteiger partial charge in [0.05, 0.1) is 11.0 Å². The Morgan fingerprint density at radius 2 is 1.65 bits per heavy atom. The molecule has 0 spiro atoms. The van der Waals surface area contributed by atoms with Crippen LogP contribution in [-0.2, 0) is 0 Å². The zero-order chi connectivity index (χ0) is 14.3. The van der Waals surface area contributed by atoms with Gasteiger partial charge in [0.15, 0.2) is 0 Å². The highest BCUT2D eigenvalue weighted by Crippen LogP contribution is 2.20. The molecule has 2 aromatic heterocycles. The van der Waals surface area contributed by atoms with Gasteiger partial charge >= 0.3 is 0 Å². The summed E-state index contributed by atoms with van der Waals surface area (Å²) in [5.41, 5.74) is 4.69. The third-order valence-corrected chi connectivity index (χ3v) is 3.20. The second-order valence-electron chi connectivity index (χ2n) is 4.90. The smallest absolute Gasteiger partial charge is 0.252 e. The zero-order valence-electron chi connectivity index (χ0n) is 11.5. The van der Waals surface area contributed by atoms with Crippen LogP contribution in [-0.4, -0.2) is 19.9 Å². The van der Waals surface area contributed by atoms with Crippen molar-refractivity contribution in [3.63, 3.8) is 0 Å². The summed E-state index contributed by atoms with van der Waals surface area (Å²) < 4.78 is 0.